The zero-order valence-corrected chi connectivity index (χ0v) is 53.5. The van der Waals surface area contributed by atoms with Crippen LogP contribution in [0, 0.1) is 27.0 Å². The number of phenolic OH excluding ortho intramolecular Hbond substituents is 2. The van der Waals surface area contributed by atoms with Gasteiger partial charge >= 0.3 is 0 Å². The van der Waals surface area contributed by atoms with Gasteiger partial charge in [0, 0.05) is 42.0 Å². The molecule has 0 saturated heterocycles. The molecule has 78 heavy (non-hydrogen) atoms. The van der Waals surface area contributed by atoms with Gasteiger partial charge in [-0.1, -0.05) is 190 Å². The van der Waals surface area contributed by atoms with Crippen molar-refractivity contribution in [3.8, 4) is 34.9 Å². The van der Waals surface area contributed by atoms with E-state index in [1.165, 1.54) is 0 Å². The number of furan rings is 2. The minimum Gasteiger partial charge on any atom is -0.507 e. The Morgan fingerprint density at radius 1 is 0.513 bits per heavy atom. The van der Waals surface area contributed by atoms with Crippen LogP contribution in [0.5, 0.6) is 11.5 Å². The van der Waals surface area contributed by atoms with E-state index >= 15 is 0 Å². The summed E-state index contributed by atoms with van der Waals surface area (Å²) < 4.78 is 12.2. The quantitative estimate of drug-likeness (QED) is 0.0599. The maximum atomic E-state index is 12.8. The molecular formula is C63H58Cl5IO6Si3. The Morgan fingerprint density at radius 2 is 0.962 bits per heavy atom. The van der Waals surface area contributed by atoms with Crippen LogP contribution < -0.4 is 5.38 Å². The van der Waals surface area contributed by atoms with Gasteiger partial charge in [0.1, 0.15) is 46.9 Å². The summed E-state index contributed by atoms with van der Waals surface area (Å²) in [6.07, 6.45) is 5.12. The summed E-state index contributed by atoms with van der Waals surface area (Å²) in [5.41, 5.74) is 9.34. The largest absolute Gasteiger partial charge is 0.507 e. The molecule has 0 amide bonds. The molecular weight excluding hydrogens is 1240 g/mol. The highest BCUT2D eigenvalue weighted by Crippen LogP contribution is 2.28. The minimum absolute atomic E-state index is 0.121. The molecule has 0 aliphatic heterocycles. The summed E-state index contributed by atoms with van der Waals surface area (Å²) in [5, 5.41) is 27.7. The Labute approximate surface area is 498 Å². The SMILES string of the molecule is C#C[Si](C)(C)C.C[Si](C)(C)C#Cc1cc(Cl)ccc1O.C[Si](C)(C)c1cc2cc(Cl)ccc2o1.O=C(Cl)c1cccc2ccccc12.O=C(c1cc2cc(Cl)ccc2o1)c1cccc2ccccc12.Oc1ccc(Cl)cc1I. The van der Waals surface area contributed by atoms with Crippen LogP contribution in [0.3, 0.4) is 0 Å². The number of phenols is 2. The summed E-state index contributed by atoms with van der Waals surface area (Å²) in [6, 6.07) is 51.5. The molecule has 0 spiro atoms. The van der Waals surface area contributed by atoms with E-state index in [0.717, 1.165) is 51.9 Å². The molecule has 400 valence electrons. The van der Waals surface area contributed by atoms with Gasteiger partial charge in [0.15, 0.2) is 5.76 Å². The lowest BCUT2D eigenvalue weighted by Gasteiger charge is -2.10. The van der Waals surface area contributed by atoms with Crippen LogP contribution in [0.15, 0.2) is 179 Å². The third kappa shape index (κ3) is 19.6. The van der Waals surface area contributed by atoms with E-state index in [9.17, 15) is 14.7 Å². The average Bonchev–Trinajstić information content (AvgIpc) is 4.07. The summed E-state index contributed by atoms with van der Waals surface area (Å²) in [6.45, 7) is 19.7. The van der Waals surface area contributed by atoms with Crippen LogP contribution in [-0.4, -0.2) is 45.5 Å². The number of benzene rings is 8. The predicted molar refractivity (Wildman–Crippen MR) is 348 cm³/mol. The number of terminal acetylenes is 1. The van der Waals surface area contributed by atoms with Crippen LogP contribution in [0.1, 0.15) is 32.0 Å². The van der Waals surface area contributed by atoms with Gasteiger partial charge in [0.25, 0.3) is 5.24 Å². The van der Waals surface area contributed by atoms with E-state index in [4.69, 9.17) is 78.4 Å². The van der Waals surface area contributed by atoms with Gasteiger partial charge in [-0.25, -0.2) is 0 Å². The van der Waals surface area contributed by atoms with Gasteiger partial charge < -0.3 is 19.0 Å². The first-order valence-corrected chi connectivity index (χ1v) is 37.8. The molecule has 8 aromatic carbocycles. The second-order valence-electron chi connectivity index (χ2n) is 20.6. The maximum absolute atomic E-state index is 12.8. The first-order chi connectivity index (χ1) is 36.6. The first-order valence-electron chi connectivity index (χ1n) is 24.3. The van der Waals surface area contributed by atoms with Gasteiger partial charge in [-0.3, -0.25) is 9.59 Å². The molecule has 0 bridgehead atoms. The summed E-state index contributed by atoms with van der Waals surface area (Å²) in [7, 11) is -3.84. The van der Waals surface area contributed by atoms with Crippen molar-refractivity contribution < 1.29 is 28.6 Å². The van der Waals surface area contributed by atoms with Crippen molar-refractivity contribution in [2.45, 2.75) is 58.9 Å². The second-order valence-corrected chi connectivity index (χ2v) is 38.4. The van der Waals surface area contributed by atoms with Gasteiger partial charge in [0.2, 0.25) is 5.78 Å². The fourth-order valence-corrected chi connectivity index (χ4v) is 9.89. The molecule has 2 aromatic heterocycles. The van der Waals surface area contributed by atoms with Gasteiger partial charge in [0.05, 0.1) is 14.5 Å². The molecule has 2 N–H and O–H groups in total. The Kier molecular flexibility index (Phi) is 23.0. The Hall–Kier alpha value is -5.75. The Balaban J connectivity index is 0.000000180. The molecule has 0 radical (unpaired) electrons. The summed E-state index contributed by atoms with van der Waals surface area (Å²) in [5.74, 6) is 3.65. The number of ketones is 1. The molecule has 15 heteroatoms. The van der Waals surface area contributed by atoms with Crippen molar-refractivity contribution in [1.29, 1.82) is 0 Å². The average molecular weight is 1300 g/mol. The van der Waals surface area contributed by atoms with Crippen LogP contribution in [0.25, 0.3) is 43.5 Å². The lowest BCUT2D eigenvalue weighted by molar-refractivity contribution is 0.101. The smallest absolute Gasteiger partial charge is 0.253 e. The van der Waals surface area contributed by atoms with Gasteiger partial charge in [-0.15, -0.1) is 17.5 Å². The monoisotopic (exact) mass is 1300 g/mol. The van der Waals surface area contributed by atoms with Crippen molar-refractivity contribution in [2.24, 2.45) is 0 Å². The fraction of sp³-hybridized carbons (Fsp3) is 0.143. The van der Waals surface area contributed by atoms with Gasteiger partial charge in [-0.05, 0) is 147 Å². The van der Waals surface area contributed by atoms with Crippen molar-refractivity contribution in [1.82, 2.24) is 0 Å². The summed E-state index contributed by atoms with van der Waals surface area (Å²) >= 11 is 30.7. The minimum atomic E-state index is -1.40. The van der Waals surface area contributed by atoms with Crippen molar-refractivity contribution in [3.05, 3.63) is 216 Å². The highest BCUT2D eigenvalue weighted by molar-refractivity contribution is 14.1. The fourth-order valence-electron chi connectivity index (χ4n) is 6.81. The highest BCUT2D eigenvalue weighted by Gasteiger charge is 2.22. The highest BCUT2D eigenvalue weighted by atomic mass is 127. The zero-order valence-electron chi connectivity index (χ0n) is 44.5. The number of fused-ring (bicyclic) bond motifs is 4. The van der Waals surface area contributed by atoms with Crippen LogP contribution >= 0.6 is 80.6 Å². The van der Waals surface area contributed by atoms with Crippen molar-refractivity contribution >= 4 is 165 Å². The molecule has 0 saturated carbocycles. The summed E-state index contributed by atoms with van der Waals surface area (Å²) in [4.78, 5) is 23.8. The molecule has 10 rings (SSSR count). The second kappa shape index (κ2) is 28.4. The topological polar surface area (TPSA) is 101 Å². The zero-order chi connectivity index (χ0) is 57.5. The number of hydrogen-bond acceptors (Lipinski definition) is 6. The molecule has 0 unspecified atom stereocenters. The molecule has 0 fully saturated rings. The molecule has 10 aromatic rings. The first kappa shape index (κ1) is 63.1. The maximum Gasteiger partial charge on any atom is 0.253 e. The van der Waals surface area contributed by atoms with E-state index in [-0.39, 0.29) is 17.3 Å². The number of halogens is 6. The predicted octanol–water partition coefficient (Wildman–Crippen LogP) is 19.7. The van der Waals surface area contributed by atoms with E-state index < -0.39 is 29.5 Å². The number of aromatic hydroxyl groups is 2. The third-order valence-corrected chi connectivity index (χ3v) is 16.3. The standard InChI is InChI=1S/C19H11ClO2.2C11H13ClOSi.C11H7ClO.C6H4ClIO.C5H10Si/c20-14-8-9-17-13(10-14)11-18(22-17)19(21)16-7-3-5-12-4-1-2-6-15(12)16;1-14(2,3)11-7-8-6-9(12)4-5-10(8)13-11;1-14(2,3)7-6-9-8-10(12)4-5-11(9)13;12-11(13)10-7-3-5-8-4-1-2-6-9(8)10;7-4-1-2-6(9)5(8)3-4;1-5-6(2,3)4/h1-11H;4-7H,1-3H3;4-5,8,13H,1-3H3;1-7H;1-3,9H;1H,2-4H3. The molecule has 0 atom stereocenters. The Morgan fingerprint density at radius 3 is 1.46 bits per heavy atom. The number of hydrogen-bond donors (Lipinski definition) is 2. The van der Waals surface area contributed by atoms with E-state index in [0.29, 0.717) is 43.1 Å². The van der Waals surface area contributed by atoms with Crippen LogP contribution in [0.2, 0.25) is 79.0 Å². The molecule has 6 nitrogen and oxygen atoms in total. The number of carbonyl (C=O) groups is 2. The van der Waals surface area contributed by atoms with E-state index in [1.807, 2.05) is 120 Å². The number of carbonyl (C=O) groups excluding carboxylic acids is 2. The van der Waals surface area contributed by atoms with E-state index in [1.54, 1.807) is 66.7 Å². The number of rotatable bonds is 4. The Bertz CT molecular complexity index is 3820. The molecule has 0 aliphatic carbocycles. The normalized spacial score (nSPS) is 10.8. The third-order valence-electron chi connectivity index (χ3n) is 10.8. The lowest BCUT2D eigenvalue weighted by Crippen LogP contribution is -2.36. The molecule has 0 aliphatic rings. The van der Waals surface area contributed by atoms with Crippen LogP contribution in [0.4, 0.5) is 0 Å². The van der Waals surface area contributed by atoms with E-state index in [2.05, 4.69) is 82.0 Å². The molecule has 2 heterocycles. The van der Waals surface area contributed by atoms with Crippen molar-refractivity contribution in [3.63, 3.8) is 0 Å². The van der Waals surface area contributed by atoms with Gasteiger partial charge in [-0.2, -0.15) is 0 Å². The van der Waals surface area contributed by atoms with Crippen LogP contribution in [-0.2, 0) is 0 Å². The van der Waals surface area contributed by atoms with Crippen molar-refractivity contribution in [2.75, 3.05) is 0 Å². The lowest BCUT2D eigenvalue weighted by atomic mass is 10.0.